The monoisotopic (exact) mass is 263 g/mol. The standard InChI is InChI=1S/C14H25N5/c1-4-15-8-13-9-16-14(17-10-13)19-7-5-6-18(3)11-12(19)2/h9-10,12,15H,4-8,11H2,1-3H3. The van der Waals surface area contributed by atoms with Crippen LogP contribution >= 0.6 is 0 Å². The third kappa shape index (κ3) is 3.88. The lowest BCUT2D eigenvalue weighted by molar-refractivity contribution is 0.337. The van der Waals surface area contributed by atoms with Crippen molar-refractivity contribution in [2.24, 2.45) is 0 Å². The molecule has 2 rings (SSSR count). The Labute approximate surface area is 116 Å². The molecule has 1 atom stereocenters. The number of rotatable bonds is 4. The highest BCUT2D eigenvalue weighted by atomic mass is 15.3. The molecular formula is C14H25N5. The predicted molar refractivity (Wildman–Crippen MR) is 78.3 cm³/mol. The molecule has 0 aliphatic carbocycles. The highest BCUT2D eigenvalue weighted by molar-refractivity contribution is 5.32. The molecule has 1 N–H and O–H groups in total. The zero-order chi connectivity index (χ0) is 13.7. The summed E-state index contributed by atoms with van der Waals surface area (Å²) in [4.78, 5) is 13.8. The summed E-state index contributed by atoms with van der Waals surface area (Å²) in [5.41, 5.74) is 1.14. The fraction of sp³-hybridized carbons (Fsp3) is 0.714. The van der Waals surface area contributed by atoms with Crippen molar-refractivity contribution in [2.75, 3.05) is 38.1 Å². The second kappa shape index (κ2) is 6.82. The van der Waals surface area contributed by atoms with E-state index >= 15 is 0 Å². The molecule has 0 aromatic carbocycles. The molecule has 1 aromatic heterocycles. The lowest BCUT2D eigenvalue weighted by Crippen LogP contribution is -2.39. The van der Waals surface area contributed by atoms with E-state index in [0.29, 0.717) is 6.04 Å². The van der Waals surface area contributed by atoms with E-state index in [9.17, 15) is 0 Å². The van der Waals surface area contributed by atoms with E-state index in [2.05, 4.69) is 46.0 Å². The van der Waals surface area contributed by atoms with Crippen LogP contribution in [-0.4, -0.2) is 54.1 Å². The van der Waals surface area contributed by atoms with Crippen molar-refractivity contribution < 1.29 is 0 Å². The van der Waals surface area contributed by atoms with Gasteiger partial charge in [0.15, 0.2) is 0 Å². The van der Waals surface area contributed by atoms with Crippen LogP contribution in [0, 0.1) is 0 Å². The van der Waals surface area contributed by atoms with Gasteiger partial charge in [-0.3, -0.25) is 0 Å². The molecule has 5 heteroatoms. The van der Waals surface area contributed by atoms with Gasteiger partial charge in [0, 0.05) is 43.6 Å². The number of nitrogens with zero attached hydrogens (tertiary/aromatic N) is 4. The van der Waals surface area contributed by atoms with Crippen molar-refractivity contribution in [3.8, 4) is 0 Å². The topological polar surface area (TPSA) is 44.3 Å². The summed E-state index contributed by atoms with van der Waals surface area (Å²) in [5.74, 6) is 0.864. The fourth-order valence-electron chi connectivity index (χ4n) is 2.53. The smallest absolute Gasteiger partial charge is 0.225 e. The number of hydrogen-bond donors (Lipinski definition) is 1. The summed E-state index contributed by atoms with van der Waals surface area (Å²) < 4.78 is 0. The molecule has 5 nitrogen and oxygen atoms in total. The molecule has 19 heavy (non-hydrogen) atoms. The lowest BCUT2D eigenvalue weighted by Gasteiger charge is -2.27. The van der Waals surface area contributed by atoms with Crippen LogP contribution in [0.25, 0.3) is 0 Å². The first-order chi connectivity index (χ1) is 9.20. The zero-order valence-electron chi connectivity index (χ0n) is 12.3. The third-order valence-corrected chi connectivity index (χ3v) is 3.57. The van der Waals surface area contributed by atoms with Crippen molar-refractivity contribution in [3.05, 3.63) is 18.0 Å². The second-order valence-corrected chi connectivity index (χ2v) is 5.33. The van der Waals surface area contributed by atoms with E-state index in [-0.39, 0.29) is 0 Å². The Morgan fingerprint density at radius 2 is 2.05 bits per heavy atom. The van der Waals surface area contributed by atoms with Crippen molar-refractivity contribution in [1.29, 1.82) is 0 Å². The Balaban J connectivity index is 2.03. The molecular weight excluding hydrogens is 238 g/mol. The number of likely N-dealkylation sites (N-methyl/N-ethyl adjacent to an activating group) is 1. The quantitative estimate of drug-likeness (QED) is 0.882. The number of aromatic nitrogens is 2. The summed E-state index contributed by atoms with van der Waals surface area (Å²) in [7, 11) is 2.18. The van der Waals surface area contributed by atoms with E-state index in [4.69, 9.17) is 0 Å². The van der Waals surface area contributed by atoms with Gasteiger partial charge in [-0.2, -0.15) is 0 Å². The van der Waals surface area contributed by atoms with Crippen LogP contribution in [0.1, 0.15) is 25.8 Å². The minimum Gasteiger partial charge on any atom is -0.337 e. The van der Waals surface area contributed by atoms with E-state index in [1.165, 1.54) is 6.42 Å². The Morgan fingerprint density at radius 1 is 1.32 bits per heavy atom. The first kappa shape index (κ1) is 14.2. The maximum absolute atomic E-state index is 4.53. The molecule has 0 bridgehead atoms. The first-order valence-corrected chi connectivity index (χ1v) is 7.17. The van der Waals surface area contributed by atoms with Gasteiger partial charge in [-0.15, -0.1) is 0 Å². The highest BCUT2D eigenvalue weighted by Gasteiger charge is 2.21. The van der Waals surface area contributed by atoms with Crippen LogP contribution in [0.5, 0.6) is 0 Å². The minimum absolute atomic E-state index is 0.465. The average molecular weight is 263 g/mol. The van der Waals surface area contributed by atoms with E-state index in [0.717, 1.165) is 44.2 Å². The number of nitrogens with one attached hydrogen (secondary N) is 1. The summed E-state index contributed by atoms with van der Waals surface area (Å²) in [6.45, 7) is 9.43. The van der Waals surface area contributed by atoms with Gasteiger partial charge in [-0.25, -0.2) is 9.97 Å². The van der Waals surface area contributed by atoms with Crippen LogP contribution in [0.2, 0.25) is 0 Å². The van der Waals surface area contributed by atoms with Crippen LogP contribution in [0.4, 0.5) is 5.95 Å². The molecule has 1 fully saturated rings. The molecule has 1 saturated heterocycles. The molecule has 0 radical (unpaired) electrons. The van der Waals surface area contributed by atoms with Gasteiger partial charge in [-0.05, 0) is 33.5 Å². The van der Waals surface area contributed by atoms with E-state index in [1.54, 1.807) is 0 Å². The van der Waals surface area contributed by atoms with Crippen molar-refractivity contribution >= 4 is 5.95 Å². The van der Waals surface area contributed by atoms with Crippen molar-refractivity contribution in [2.45, 2.75) is 32.9 Å². The molecule has 0 amide bonds. The van der Waals surface area contributed by atoms with Gasteiger partial charge in [0.2, 0.25) is 5.95 Å². The number of anilines is 1. The van der Waals surface area contributed by atoms with Crippen LogP contribution < -0.4 is 10.2 Å². The molecule has 1 aliphatic rings. The third-order valence-electron chi connectivity index (χ3n) is 3.57. The normalized spacial score (nSPS) is 21.4. The van der Waals surface area contributed by atoms with Crippen molar-refractivity contribution in [3.63, 3.8) is 0 Å². The fourth-order valence-corrected chi connectivity index (χ4v) is 2.53. The molecule has 0 saturated carbocycles. The Hall–Kier alpha value is -1.20. The first-order valence-electron chi connectivity index (χ1n) is 7.17. The SMILES string of the molecule is CCNCc1cnc(N2CCCN(C)CC2C)nc1. The van der Waals surface area contributed by atoms with Crippen LogP contribution in [0.15, 0.2) is 12.4 Å². The average Bonchev–Trinajstić information content (AvgIpc) is 2.58. The van der Waals surface area contributed by atoms with Gasteiger partial charge < -0.3 is 15.1 Å². The van der Waals surface area contributed by atoms with Crippen LogP contribution in [-0.2, 0) is 6.54 Å². The van der Waals surface area contributed by atoms with Gasteiger partial charge in [0.1, 0.15) is 0 Å². The zero-order valence-corrected chi connectivity index (χ0v) is 12.3. The molecule has 2 heterocycles. The Bertz CT molecular complexity index is 378. The molecule has 1 aromatic rings. The molecule has 1 unspecified atom stereocenters. The van der Waals surface area contributed by atoms with E-state index < -0.39 is 0 Å². The lowest BCUT2D eigenvalue weighted by atomic mass is 10.3. The predicted octanol–water partition coefficient (Wildman–Crippen LogP) is 1.12. The second-order valence-electron chi connectivity index (χ2n) is 5.33. The number of hydrogen-bond acceptors (Lipinski definition) is 5. The minimum atomic E-state index is 0.465. The molecule has 1 aliphatic heterocycles. The summed E-state index contributed by atoms with van der Waals surface area (Å²) in [5, 5.41) is 3.29. The highest BCUT2D eigenvalue weighted by Crippen LogP contribution is 2.15. The Morgan fingerprint density at radius 3 is 2.74 bits per heavy atom. The largest absolute Gasteiger partial charge is 0.337 e. The maximum Gasteiger partial charge on any atom is 0.225 e. The Kier molecular flexibility index (Phi) is 5.10. The molecule has 0 spiro atoms. The van der Waals surface area contributed by atoms with Gasteiger partial charge in [0.05, 0.1) is 0 Å². The van der Waals surface area contributed by atoms with Crippen molar-refractivity contribution in [1.82, 2.24) is 20.2 Å². The summed E-state index contributed by atoms with van der Waals surface area (Å²) in [6, 6.07) is 0.465. The van der Waals surface area contributed by atoms with Gasteiger partial charge >= 0.3 is 0 Å². The molecule has 106 valence electrons. The van der Waals surface area contributed by atoms with Gasteiger partial charge in [0.25, 0.3) is 0 Å². The van der Waals surface area contributed by atoms with Crippen LogP contribution in [0.3, 0.4) is 0 Å². The summed E-state index contributed by atoms with van der Waals surface area (Å²) in [6.07, 6.45) is 5.04. The summed E-state index contributed by atoms with van der Waals surface area (Å²) >= 11 is 0. The van der Waals surface area contributed by atoms with E-state index in [1.807, 2.05) is 12.4 Å². The van der Waals surface area contributed by atoms with Gasteiger partial charge in [-0.1, -0.05) is 6.92 Å². The maximum atomic E-state index is 4.53.